The molecule has 0 aliphatic heterocycles. The maximum atomic E-state index is 4.32. The summed E-state index contributed by atoms with van der Waals surface area (Å²) in [5.74, 6) is 0.973. The monoisotopic (exact) mass is 219 g/mol. The highest BCUT2D eigenvalue weighted by molar-refractivity contribution is 5.02. The van der Waals surface area contributed by atoms with Crippen molar-refractivity contribution in [2.45, 2.75) is 19.4 Å². The predicted octanol–water partition coefficient (Wildman–Crippen LogP) is 1.51. The Labute approximate surface area is 97.9 Å². The number of likely N-dealkylation sites (N-methyl/N-ethyl adjacent to an activating group) is 1. The topological polar surface area (TPSA) is 28.2 Å². The fourth-order valence-corrected chi connectivity index (χ4v) is 1.75. The van der Waals surface area contributed by atoms with Gasteiger partial charge in [0.15, 0.2) is 0 Å². The average Bonchev–Trinajstić information content (AvgIpc) is 3.10. The summed E-state index contributed by atoms with van der Waals surface area (Å²) in [6.07, 6.45) is 4.71. The van der Waals surface area contributed by atoms with Crippen molar-refractivity contribution in [1.82, 2.24) is 15.2 Å². The van der Waals surface area contributed by atoms with Gasteiger partial charge in [-0.25, -0.2) is 0 Å². The summed E-state index contributed by atoms with van der Waals surface area (Å²) >= 11 is 0. The van der Waals surface area contributed by atoms with Gasteiger partial charge in [-0.2, -0.15) is 0 Å². The molecule has 2 rings (SSSR count). The zero-order chi connectivity index (χ0) is 11.2. The number of nitrogens with zero attached hydrogens (tertiary/aromatic N) is 2. The van der Waals surface area contributed by atoms with E-state index in [9.17, 15) is 0 Å². The van der Waals surface area contributed by atoms with E-state index in [1.807, 2.05) is 18.3 Å². The van der Waals surface area contributed by atoms with E-state index in [-0.39, 0.29) is 0 Å². The Balaban J connectivity index is 1.58. The van der Waals surface area contributed by atoms with E-state index >= 15 is 0 Å². The number of pyridine rings is 1. The van der Waals surface area contributed by atoms with Gasteiger partial charge in [0.05, 0.1) is 5.69 Å². The van der Waals surface area contributed by atoms with Crippen LogP contribution in [0.2, 0.25) is 0 Å². The van der Waals surface area contributed by atoms with Crippen molar-refractivity contribution in [2.75, 3.05) is 26.7 Å². The Kier molecular flexibility index (Phi) is 4.31. The summed E-state index contributed by atoms with van der Waals surface area (Å²) in [5.41, 5.74) is 1.15. The van der Waals surface area contributed by atoms with Gasteiger partial charge in [0, 0.05) is 25.8 Å². The van der Waals surface area contributed by atoms with Crippen LogP contribution < -0.4 is 5.32 Å². The molecule has 0 saturated heterocycles. The van der Waals surface area contributed by atoms with E-state index in [1.54, 1.807) is 0 Å². The molecule has 1 saturated carbocycles. The Morgan fingerprint density at radius 3 is 3.00 bits per heavy atom. The molecule has 0 radical (unpaired) electrons. The zero-order valence-corrected chi connectivity index (χ0v) is 10.0. The van der Waals surface area contributed by atoms with Gasteiger partial charge in [0.25, 0.3) is 0 Å². The third kappa shape index (κ3) is 4.29. The van der Waals surface area contributed by atoms with Crippen molar-refractivity contribution >= 4 is 0 Å². The molecule has 0 atom stereocenters. The Bertz CT molecular complexity index is 295. The highest BCUT2D eigenvalue weighted by atomic mass is 15.1. The highest BCUT2D eigenvalue weighted by Gasteiger charge is 2.19. The zero-order valence-electron chi connectivity index (χ0n) is 10.0. The fraction of sp³-hybridized carbons (Fsp3) is 0.615. The number of aromatic nitrogens is 1. The van der Waals surface area contributed by atoms with Crippen LogP contribution >= 0.6 is 0 Å². The van der Waals surface area contributed by atoms with Gasteiger partial charge in [-0.1, -0.05) is 6.07 Å². The second kappa shape index (κ2) is 5.97. The lowest BCUT2D eigenvalue weighted by molar-refractivity contribution is 0.320. The van der Waals surface area contributed by atoms with Crippen LogP contribution in [0.4, 0.5) is 0 Å². The Morgan fingerprint density at radius 1 is 1.44 bits per heavy atom. The van der Waals surface area contributed by atoms with Gasteiger partial charge >= 0.3 is 0 Å². The molecule has 1 N–H and O–H groups in total. The summed E-state index contributed by atoms with van der Waals surface area (Å²) in [6, 6.07) is 6.08. The molecule has 3 heteroatoms. The molecular formula is C13H21N3. The number of hydrogen-bond donors (Lipinski definition) is 1. The SMILES string of the molecule is CN(CCNCC1CC1)Cc1ccccn1. The third-order valence-corrected chi connectivity index (χ3v) is 2.96. The number of hydrogen-bond acceptors (Lipinski definition) is 3. The van der Waals surface area contributed by atoms with Crippen molar-refractivity contribution in [3.63, 3.8) is 0 Å². The molecule has 1 fully saturated rings. The Morgan fingerprint density at radius 2 is 2.31 bits per heavy atom. The van der Waals surface area contributed by atoms with Crippen molar-refractivity contribution in [2.24, 2.45) is 5.92 Å². The molecule has 3 nitrogen and oxygen atoms in total. The van der Waals surface area contributed by atoms with Gasteiger partial charge < -0.3 is 5.32 Å². The lowest BCUT2D eigenvalue weighted by Gasteiger charge is -2.16. The van der Waals surface area contributed by atoms with E-state index in [0.717, 1.165) is 31.2 Å². The smallest absolute Gasteiger partial charge is 0.0543 e. The van der Waals surface area contributed by atoms with Gasteiger partial charge in [-0.3, -0.25) is 9.88 Å². The minimum atomic E-state index is 0.936. The molecular weight excluding hydrogens is 198 g/mol. The molecule has 16 heavy (non-hydrogen) atoms. The summed E-state index contributed by atoms with van der Waals surface area (Å²) in [7, 11) is 2.15. The van der Waals surface area contributed by atoms with E-state index in [4.69, 9.17) is 0 Å². The molecule has 1 heterocycles. The second-order valence-corrected chi connectivity index (χ2v) is 4.71. The molecule has 0 unspecified atom stereocenters. The molecule has 1 aliphatic rings. The lowest BCUT2D eigenvalue weighted by Crippen LogP contribution is -2.30. The first kappa shape index (κ1) is 11.6. The average molecular weight is 219 g/mol. The van der Waals surface area contributed by atoms with Crippen LogP contribution in [0.3, 0.4) is 0 Å². The largest absolute Gasteiger partial charge is 0.315 e. The van der Waals surface area contributed by atoms with E-state index < -0.39 is 0 Å². The highest BCUT2D eigenvalue weighted by Crippen LogP contribution is 2.27. The van der Waals surface area contributed by atoms with Crippen molar-refractivity contribution < 1.29 is 0 Å². The van der Waals surface area contributed by atoms with Crippen LogP contribution in [0.25, 0.3) is 0 Å². The maximum absolute atomic E-state index is 4.32. The molecule has 1 aliphatic carbocycles. The first-order valence-corrected chi connectivity index (χ1v) is 6.14. The van der Waals surface area contributed by atoms with Gasteiger partial charge in [-0.05, 0) is 44.5 Å². The summed E-state index contributed by atoms with van der Waals surface area (Å²) in [6.45, 7) is 4.31. The predicted molar refractivity (Wildman–Crippen MR) is 66.2 cm³/mol. The van der Waals surface area contributed by atoms with Crippen LogP contribution in [0, 0.1) is 5.92 Å². The quantitative estimate of drug-likeness (QED) is 0.705. The van der Waals surface area contributed by atoms with Gasteiger partial charge in [-0.15, -0.1) is 0 Å². The minimum Gasteiger partial charge on any atom is -0.315 e. The van der Waals surface area contributed by atoms with Crippen LogP contribution in [-0.4, -0.2) is 36.6 Å². The molecule has 1 aromatic rings. The van der Waals surface area contributed by atoms with Crippen molar-refractivity contribution in [1.29, 1.82) is 0 Å². The van der Waals surface area contributed by atoms with E-state index in [2.05, 4.69) is 28.3 Å². The van der Waals surface area contributed by atoms with Crippen LogP contribution in [0.15, 0.2) is 24.4 Å². The first-order valence-electron chi connectivity index (χ1n) is 6.14. The van der Waals surface area contributed by atoms with Gasteiger partial charge in [0.2, 0.25) is 0 Å². The number of nitrogens with one attached hydrogen (secondary N) is 1. The molecule has 0 aromatic carbocycles. The summed E-state index contributed by atoms with van der Waals surface area (Å²) < 4.78 is 0. The van der Waals surface area contributed by atoms with Crippen LogP contribution in [0.1, 0.15) is 18.5 Å². The van der Waals surface area contributed by atoms with Gasteiger partial charge in [0.1, 0.15) is 0 Å². The standard InChI is InChI=1S/C13H21N3/c1-16(9-8-14-10-12-5-6-12)11-13-4-2-3-7-15-13/h2-4,7,12,14H,5-6,8-11H2,1H3. The molecule has 88 valence electrons. The Hall–Kier alpha value is -0.930. The van der Waals surface area contributed by atoms with Crippen molar-refractivity contribution in [3.8, 4) is 0 Å². The normalized spacial score (nSPS) is 15.6. The lowest BCUT2D eigenvalue weighted by atomic mass is 10.3. The third-order valence-electron chi connectivity index (χ3n) is 2.96. The number of rotatable bonds is 7. The fourth-order valence-electron chi connectivity index (χ4n) is 1.75. The molecule has 1 aromatic heterocycles. The van der Waals surface area contributed by atoms with Crippen molar-refractivity contribution in [3.05, 3.63) is 30.1 Å². The summed E-state index contributed by atoms with van der Waals surface area (Å²) in [4.78, 5) is 6.63. The summed E-state index contributed by atoms with van der Waals surface area (Å²) in [5, 5.41) is 3.50. The minimum absolute atomic E-state index is 0.936. The molecule has 0 spiro atoms. The van der Waals surface area contributed by atoms with Crippen LogP contribution in [-0.2, 0) is 6.54 Å². The first-order chi connectivity index (χ1) is 7.84. The molecule has 0 amide bonds. The van der Waals surface area contributed by atoms with E-state index in [1.165, 1.54) is 19.4 Å². The van der Waals surface area contributed by atoms with E-state index in [0.29, 0.717) is 0 Å². The maximum Gasteiger partial charge on any atom is 0.0543 e. The molecule has 0 bridgehead atoms. The van der Waals surface area contributed by atoms with Crippen LogP contribution in [0.5, 0.6) is 0 Å². The second-order valence-electron chi connectivity index (χ2n) is 4.71.